The molecular weight excluding hydrogens is 286 g/mol. The number of hydrogen-bond acceptors (Lipinski definition) is 3. The van der Waals surface area contributed by atoms with E-state index in [1.807, 2.05) is 0 Å². The number of hydrogen-bond donors (Lipinski definition) is 0. The quantitative estimate of drug-likeness (QED) is 0.871. The monoisotopic (exact) mass is 306 g/mol. The highest BCUT2D eigenvalue weighted by Crippen LogP contribution is 2.26. The second-order valence-corrected chi connectivity index (χ2v) is 5.83. The number of rotatable bonds is 4. The molecule has 1 aromatic carbocycles. The Morgan fingerprint density at radius 1 is 1.23 bits per heavy atom. The van der Waals surface area contributed by atoms with Gasteiger partial charge in [-0.2, -0.15) is 0 Å². The van der Waals surface area contributed by atoms with E-state index in [-0.39, 0.29) is 0 Å². The highest BCUT2D eigenvalue weighted by Gasteiger charge is 2.25. The fraction of sp³-hybridized carbons (Fsp3) is 0.500. The van der Waals surface area contributed by atoms with Gasteiger partial charge < -0.3 is 4.57 Å². The predicted molar refractivity (Wildman–Crippen MR) is 79.3 cm³/mol. The van der Waals surface area contributed by atoms with Crippen molar-refractivity contribution in [1.82, 2.24) is 19.7 Å². The number of nitrogens with zero attached hydrogens (tertiary/aromatic N) is 4. The first-order valence-corrected chi connectivity index (χ1v) is 7.70. The third-order valence-corrected chi connectivity index (χ3v) is 4.19. The van der Waals surface area contributed by atoms with Gasteiger partial charge in [-0.25, -0.2) is 8.78 Å². The lowest BCUT2D eigenvalue weighted by Gasteiger charge is -2.32. The molecule has 1 aromatic heterocycles. The van der Waals surface area contributed by atoms with E-state index in [1.165, 1.54) is 12.1 Å². The number of benzene rings is 1. The number of piperidine rings is 1. The van der Waals surface area contributed by atoms with E-state index in [1.54, 1.807) is 6.33 Å². The lowest BCUT2D eigenvalue weighted by Crippen LogP contribution is -2.35. The van der Waals surface area contributed by atoms with E-state index >= 15 is 0 Å². The van der Waals surface area contributed by atoms with Crippen molar-refractivity contribution in [3.63, 3.8) is 0 Å². The van der Waals surface area contributed by atoms with E-state index in [0.29, 0.717) is 18.0 Å². The zero-order chi connectivity index (χ0) is 15.5. The van der Waals surface area contributed by atoms with Crippen LogP contribution < -0.4 is 0 Å². The molecule has 1 atom stereocenters. The molecule has 22 heavy (non-hydrogen) atoms. The summed E-state index contributed by atoms with van der Waals surface area (Å²) in [5, 5.41) is 8.24. The van der Waals surface area contributed by atoms with Crippen molar-refractivity contribution in [1.29, 1.82) is 0 Å². The summed E-state index contributed by atoms with van der Waals surface area (Å²) in [6.45, 7) is 5.27. The van der Waals surface area contributed by atoms with Gasteiger partial charge in [0.2, 0.25) is 0 Å². The molecule has 0 saturated carbocycles. The molecule has 0 bridgehead atoms. The van der Waals surface area contributed by atoms with Crippen LogP contribution in [0, 0.1) is 11.6 Å². The fourth-order valence-corrected chi connectivity index (χ4v) is 3.19. The molecule has 0 amide bonds. The molecule has 0 spiro atoms. The van der Waals surface area contributed by atoms with Crippen LogP contribution in [0.5, 0.6) is 0 Å². The Kier molecular flexibility index (Phi) is 4.47. The first-order chi connectivity index (χ1) is 10.7. The Hall–Kier alpha value is -1.82. The average Bonchev–Trinajstić information content (AvgIpc) is 2.95. The second kappa shape index (κ2) is 6.52. The fourth-order valence-electron chi connectivity index (χ4n) is 3.19. The minimum Gasteiger partial charge on any atom is -0.318 e. The molecule has 0 N–H and O–H groups in total. The zero-order valence-electron chi connectivity index (χ0n) is 12.7. The van der Waals surface area contributed by atoms with Crippen molar-refractivity contribution in [2.75, 3.05) is 13.1 Å². The highest BCUT2D eigenvalue weighted by atomic mass is 19.1. The topological polar surface area (TPSA) is 34.0 Å². The lowest BCUT2D eigenvalue weighted by atomic mass is 9.96. The smallest absolute Gasteiger partial charge is 0.137 e. The van der Waals surface area contributed by atoms with Crippen LogP contribution in [0.1, 0.15) is 37.1 Å². The van der Waals surface area contributed by atoms with E-state index < -0.39 is 11.6 Å². The van der Waals surface area contributed by atoms with Gasteiger partial charge in [0, 0.05) is 31.6 Å². The largest absolute Gasteiger partial charge is 0.318 e. The Bertz CT molecular complexity index is 621. The minimum atomic E-state index is -0.519. The Morgan fingerprint density at radius 3 is 2.73 bits per heavy atom. The van der Waals surface area contributed by atoms with Crippen molar-refractivity contribution < 1.29 is 8.78 Å². The first kappa shape index (κ1) is 15.1. The van der Waals surface area contributed by atoms with Crippen LogP contribution in [-0.2, 0) is 13.1 Å². The normalized spacial score (nSPS) is 19.5. The molecule has 1 aliphatic heterocycles. The van der Waals surface area contributed by atoms with Crippen molar-refractivity contribution >= 4 is 0 Å². The second-order valence-electron chi connectivity index (χ2n) is 5.83. The van der Waals surface area contributed by atoms with Gasteiger partial charge in [0.05, 0.1) is 0 Å². The van der Waals surface area contributed by atoms with Gasteiger partial charge in [0.15, 0.2) is 0 Å². The summed E-state index contributed by atoms with van der Waals surface area (Å²) in [7, 11) is 0. The number of aromatic nitrogens is 3. The molecule has 2 aromatic rings. The molecule has 3 rings (SSSR count). The molecule has 0 aliphatic carbocycles. The molecule has 1 saturated heterocycles. The molecule has 1 fully saturated rings. The highest BCUT2D eigenvalue weighted by molar-refractivity contribution is 5.18. The Balaban J connectivity index is 1.70. The molecule has 2 heterocycles. The van der Waals surface area contributed by atoms with Crippen LogP contribution in [0.15, 0.2) is 24.5 Å². The Labute approximate surface area is 128 Å². The van der Waals surface area contributed by atoms with E-state index in [4.69, 9.17) is 0 Å². The van der Waals surface area contributed by atoms with Crippen LogP contribution in [0.2, 0.25) is 0 Å². The summed E-state index contributed by atoms with van der Waals surface area (Å²) in [5.41, 5.74) is 0.676. The van der Waals surface area contributed by atoms with Crippen LogP contribution in [-0.4, -0.2) is 32.8 Å². The van der Waals surface area contributed by atoms with Gasteiger partial charge in [-0.15, -0.1) is 10.2 Å². The Morgan fingerprint density at radius 2 is 2.00 bits per heavy atom. The maximum absolute atomic E-state index is 13.3. The summed E-state index contributed by atoms with van der Waals surface area (Å²) >= 11 is 0. The van der Waals surface area contributed by atoms with E-state index in [0.717, 1.165) is 44.4 Å². The number of aryl methyl sites for hydroxylation is 1. The zero-order valence-corrected chi connectivity index (χ0v) is 12.7. The van der Waals surface area contributed by atoms with Crippen molar-refractivity contribution in [3.05, 3.63) is 47.5 Å². The van der Waals surface area contributed by atoms with E-state index in [2.05, 4.69) is 26.6 Å². The standard InChI is InChI=1S/C16H20F2N4/c1-2-22-11-19-20-16(22)13-4-3-5-21(10-13)9-12-6-14(17)8-15(18)7-12/h6-8,11,13H,2-5,9-10H2,1H3/t13-/m1/s1. The lowest BCUT2D eigenvalue weighted by molar-refractivity contribution is 0.194. The molecule has 0 radical (unpaired) electrons. The molecule has 0 unspecified atom stereocenters. The average molecular weight is 306 g/mol. The summed E-state index contributed by atoms with van der Waals surface area (Å²) in [6, 6.07) is 3.72. The third-order valence-electron chi connectivity index (χ3n) is 4.19. The maximum Gasteiger partial charge on any atom is 0.137 e. The van der Waals surface area contributed by atoms with Gasteiger partial charge >= 0.3 is 0 Å². The van der Waals surface area contributed by atoms with Crippen molar-refractivity contribution in [3.8, 4) is 0 Å². The maximum atomic E-state index is 13.3. The number of likely N-dealkylation sites (tertiary alicyclic amines) is 1. The molecule has 6 heteroatoms. The summed E-state index contributed by atoms with van der Waals surface area (Å²) in [4.78, 5) is 2.23. The van der Waals surface area contributed by atoms with E-state index in [9.17, 15) is 8.78 Å². The summed E-state index contributed by atoms with van der Waals surface area (Å²) in [6.07, 6.45) is 3.89. The van der Waals surface area contributed by atoms with Gasteiger partial charge in [-0.05, 0) is 44.0 Å². The SMILES string of the molecule is CCn1cnnc1[C@@H]1CCCN(Cc2cc(F)cc(F)c2)C1. The summed E-state index contributed by atoms with van der Waals surface area (Å²) < 4.78 is 28.7. The van der Waals surface area contributed by atoms with Gasteiger partial charge in [-0.1, -0.05) is 0 Å². The molecule has 1 aliphatic rings. The van der Waals surface area contributed by atoms with Crippen LogP contribution in [0.25, 0.3) is 0 Å². The van der Waals surface area contributed by atoms with Crippen LogP contribution in [0.3, 0.4) is 0 Å². The summed E-state index contributed by atoms with van der Waals surface area (Å²) in [5.74, 6) is 0.302. The molecule has 118 valence electrons. The number of halogens is 2. The van der Waals surface area contributed by atoms with Crippen LogP contribution in [0.4, 0.5) is 8.78 Å². The van der Waals surface area contributed by atoms with Gasteiger partial charge in [0.1, 0.15) is 23.8 Å². The van der Waals surface area contributed by atoms with Crippen molar-refractivity contribution in [2.45, 2.75) is 38.8 Å². The third kappa shape index (κ3) is 3.32. The van der Waals surface area contributed by atoms with Gasteiger partial charge in [0.25, 0.3) is 0 Å². The predicted octanol–water partition coefficient (Wildman–Crippen LogP) is 2.96. The van der Waals surface area contributed by atoms with Crippen molar-refractivity contribution in [2.24, 2.45) is 0 Å². The first-order valence-electron chi connectivity index (χ1n) is 7.70. The molecule has 4 nitrogen and oxygen atoms in total. The van der Waals surface area contributed by atoms with Crippen LogP contribution >= 0.6 is 0 Å². The minimum absolute atomic E-state index is 0.328. The molecular formula is C16H20F2N4. The van der Waals surface area contributed by atoms with Gasteiger partial charge in [-0.3, -0.25) is 4.90 Å².